The van der Waals surface area contributed by atoms with Crippen LogP contribution in [0.15, 0.2) is 0 Å². The number of carboxylic acid groups (broad SMARTS) is 2. The summed E-state index contributed by atoms with van der Waals surface area (Å²) < 4.78 is 4.20. The van der Waals surface area contributed by atoms with Gasteiger partial charge in [0.2, 0.25) is 0 Å². The Hall–Kier alpha value is -0.732. The summed E-state index contributed by atoms with van der Waals surface area (Å²) in [7, 11) is 11.0. The van der Waals surface area contributed by atoms with E-state index in [0.717, 1.165) is 13.1 Å². The number of rotatable bonds is 8. The molecule has 1 aliphatic carbocycles. The van der Waals surface area contributed by atoms with Crippen molar-refractivity contribution in [3.05, 3.63) is 0 Å². The van der Waals surface area contributed by atoms with Gasteiger partial charge < -0.3 is 26.4 Å². The van der Waals surface area contributed by atoms with Gasteiger partial charge in [-0.05, 0) is 31.3 Å². The Morgan fingerprint density at radius 2 is 1.27 bits per heavy atom. The van der Waals surface area contributed by atoms with E-state index in [9.17, 15) is 19.2 Å². The van der Waals surface area contributed by atoms with Crippen molar-refractivity contribution in [2.75, 3.05) is 20.2 Å². The van der Waals surface area contributed by atoms with Gasteiger partial charge in [-0.3, -0.25) is 19.2 Å². The Balaban J connectivity index is -0.000000387. The van der Waals surface area contributed by atoms with Gasteiger partial charge in [-0.2, -0.15) is 0 Å². The van der Waals surface area contributed by atoms with Gasteiger partial charge in [-0.25, -0.2) is 0 Å². The fourth-order valence-electron chi connectivity index (χ4n) is 2.70. The summed E-state index contributed by atoms with van der Waals surface area (Å²) in [6.07, 6.45) is 6.40. The Labute approximate surface area is 213 Å². The normalized spacial score (nSPS) is 14.2. The molecule has 0 spiro atoms. The number of hydrogen-bond acceptors (Lipinski definition) is 7. The molecule has 0 aliphatic heterocycles. The van der Waals surface area contributed by atoms with Crippen molar-refractivity contribution in [1.29, 1.82) is 0 Å². The molecule has 1 fully saturated rings. The van der Waals surface area contributed by atoms with Crippen LogP contribution >= 0.6 is 18.8 Å². The molecule has 1 rings (SSSR count). The summed E-state index contributed by atoms with van der Waals surface area (Å²) >= 11 is -0.472. The summed E-state index contributed by atoms with van der Waals surface area (Å²) in [5.74, 6) is -2.39. The third-order valence-corrected chi connectivity index (χ3v) is 4.95. The first-order chi connectivity index (χ1) is 15.2. The van der Waals surface area contributed by atoms with Gasteiger partial charge in [0.15, 0.2) is 0 Å². The molecule has 33 heavy (non-hydrogen) atoms. The standard InChI is InChI=1S/C8H18N2.C8H14O3.C5H8O4.2ClH.Pt/c9-6-8(7-10)4-2-1-3-5-8;1-8(2,3)6(9)4-5-7(10)11;1-9-5(8)3-2-4(6)7;;;/h1-7,9-10H2;4-5H2,1-3H3,(H,10,11);2-3H2,1H3,(H,6,7);2*1H;/q;;;;;+4/p-2. The number of ketones is 1. The minimum atomic E-state index is -0.986. The van der Waals surface area contributed by atoms with Crippen molar-refractivity contribution in [3.8, 4) is 0 Å². The molecule has 0 aromatic carbocycles. The number of carbonyl (C=O) groups excluding carboxylic acids is 2. The van der Waals surface area contributed by atoms with Gasteiger partial charge in [-0.15, -0.1) is 0 Å². The number of hydrogen-bond donors (Lipinski definition) is 4. The maximum atomic E-state index is 11.1. The number of ether oxygens (including phenoxy) is 1. The zero-order chi connectivity index (χ0) is 26.5. The third-order valence-electron chi connectivity index (χ3n) is 4.95. The maximum absolute atomic E-state index is 11.1. The third kappa shape index (κ3) is 24.2. The number of aliphatic carboxylic acids is 2. The first-order valence-electron chi connectivity index (χ1n) is 10.5. The molecule has 0 aromatic rings. The van der Waals surface area contributed by atoms with E-state index in [0.29, 0.717) is 5.41 Å². The Morgan fingerprint density at radius 3 is 1.55 bits per heavy atom. The van der Waals surface area contributed by atoms with Crippen LogP contribution in [0, 0.1) is 10.8 Å². The molecule has 9 nitrogen and oxygen atoms in total. The van der Waals surface area contributed by atoms with Crippen LogP contribution < -0.4 is 11.5 Å². The molecular weight excluding hydrogens is 658 g/mol. The summed E-state index contributed by atoms with van der Waals surface area (Å²) in [5, 5.41) is 16.3. The molecule has 12 heteroatoms. The average molecular weight is 699 g/mol. The van der Waals surface area contributed by atoms with Crippen LogP contribution in [-0.2, 0) is 40.4 Å². The van der Waals surface area contributed by atoms with Crippen molar-refractivity contribution < 1.29 is 50.6 Å². The molecular formula is C21H40Cl2N2O7Pt+2. The predicted molar refractivity (Wildman–Crippen MR) is 126 cm³/mol. The Kier molecular flexibility index (Phi) is 24.3. The average Bonchev–Trinajstić information content (AvgIpc) is 2.76. The van der Waals surface area contributed by atoms with E-state index >= 15 is 0 Å². The van der Waals surface area contributed by atoms with Gasteiger partial charge in [0, 0.05) is 11.8 Å². The molecule has 0 saturated heterocycles. The monoisotopic (exact) mass is 697 g/mol. The van der Waals surface area contributed by atoms with E-state index in [1.807, 2.05) is 0 Å². The zero-order valence-electron chi connectivity index (χ0n) is 19.9. The molecule has 0 aromatic heterocycles. The van der Waals surface area contributed by atoms with Gasteiger partial charge in [0.05, 0.1) is 26.4 Å². The van der Waals surface area contributed by atoms with Crippen LogP contribution in [0.2, 0.25) is 0 Å². The number of carbonyl (C=O) groups is 4. The quantitative estimate of drug-likeness (QED) is 0.276. The second kappa shape index (κ2) is 21.8. The van der Waals surface area contributed by atoms with Crippen molar-refractivity contribution >= 4 is 42.5 Å². The first-order valence-corrected chi connectivity index (χ1v) is 16.1. The van der Waals surface area contributed by atoms with Crippen molar-refractivity contribution in [1.82, 2.24) is 0 Å². The van der Waals surface area contributed by atoms with Crippen LogP contribution in [0.3, 0.4) is 0 Å². The zero-order valence-corrected chi connectivity index (χ0v) is 23.7. The van der Waals surface area contributed by atoms with Crippen molar-refractivity contribution in [2.45, 2.75) is 78.6 Å². The van der Waals surface area contributed by atoms with E-state index in [1.54, 1.807) is 20.8 Å². The summed E-state index contributed by atoms with van der Waals surface area (Å²) in [6, 6.07) is 0. The molecule has 1 saturated carbocycles. The van der Waals surface area contributed by atoms with Crippen LogP contribution in [0.4, 0.5) is 0 Å². The number of halogens is 2. The van der Waals surface area contributed by atoms with E-state index in [4.69, 9.17) is 40.5 Å². The molecule has 0 atom stereocenters. The number of esters is 1. The fraction of sp³-hybridized carbons (Fsp3) is 0.810. The number of methoxy groups -OCH3 is 1. The Morgan fingerprint density at radius 1 is 0.879 bits per heavy atom. The number of nitrogens with two attached hydrogens (primary N) is 2. The van der Waals surface area contributed by atoms with Gasteiger partial charge in [0.25, 0.3) is 0 Å². The van der Waals surface area contributed by atoms with Gasteiger partial charge in [0.1, 0.15) is 5.78 Å². The molecule has 1 aliphatic rings. The van der Waals surface area contributed by atoms with Crippen LogP contribution in [0.25, 0.3) is 0 Å². The van der Waals surface area contributed by atoms with Gasteiger partial charge in [-0.1, -0.05) is 40.0 Å². The van der Waals surface area contributed by atoms with E-state index in [2.05, 4.69) is 4.74 Å². The second-order valence-electron chi connectivity index (χ2n) is 8.55. The molecule has 6 N–H and O–H groups in total. The predicted octanol–water partition coefficient (Wildman–Crippen LogP) is 3.72. The number of carboxylic acids is 2. The first kappa shape index (κ1) is 36.8. The van der Waals surface area contributed by atoms with Crippen LogP contribution in [-0.4, -0.2) is 54.1 Å². The van der Waals surface area contributed by atoms with Crippen molar-refractivity contribution in [3.63, 3.8) is 0 Å². The fourth-order valence-corrected chi connectivity index (χ4v) is 2.70. The van der Waals surface area contributed by atoms with Crippen molar-refractivity contribution in [2.24, 2.45) is 22.3 Å². The summed E-state index contributed by atoms with van der Waals surface area (Å²) in [6.45, 7) is 6.93. The second-order valence-corrected chi connectivity index (χ2v) is 11.8. The molecule has 0 unspecified atom stereocenters. The summed E-state index contributed by atoms with van der Waals surface area (Å²) in [5.41, 5.74) is 11.2. The number of Topliss-reactive ketones (excluding diaryl/α,β-unsaturated/α-hetero) is 1. The van der Waals surface area contributed by atoms with E-state index in [-0.39, 0.29) is 31.5 Å². The Bertz CT molecular complexity index is 561. The summed E-state index contributed by atoms with van der Waals surface area (Å²) in [4.78, 5) is 41.2. The van der Waals surface area contributed by atoms with Crippen LogP contribution in [0.5, 0.6) is 0 Å². The minimum absolute atomic E-state index is 0.0000926. The molecule has 0 bridgehead atoms. The molecule has 0 heterocycles. The molecule has 0 radical (unpaired) electrons. The SMILES string of the molecule is CC(C)(C)C(=O)CCC(=O)O.COC(=O)CCC(=O)O.NCC1(CN)CCCCC1.[Cl][Pt+2][Cl]. The van der Waals surface area contributed by atoms with E-state index < -0.39 is 39.8 Å². The molecule has 0 amide bonds. The molecule has 198 valence electrons. The van der Waals surface area contributed by atoms with E-state index in [1.165, 1.54) is 39.2 Å². The topological polar surface area (TPSA) is 170 Å². The van der Waals surface area contributed by atoms with Crippen LogP contribution in [0.1, 0.15) is 78.6 Å². The van der Waals surface area contributed by atoms with Gasteiger partial charge >= 0.3 is 53.2 Å².